The summed E-state index contributed by atoms with van der Waals surface area (Å²) in [6.07, 6.45) is 1.37. The van der Waals surface area contributed by atoms with Crippen LogP contribution in [-0.2, 0) is 4.74 Å². The predicted octanol–water partition coefficient (Wildman–Crippen LogP) is 4.56. The Morgan fingerprint density at radius 3 is 2.50 bits per heavy atom. The van der Waals surface area contributed by atoms with E-state index in [9.17, 15) is 4.79 Å². The molecule has 0 radical (unpaired) electrons. The Morgan fingerprint density at radius 1 is 0.967 bits per heavy atom. The quantitative estimate of drug-likeness (QED) is 0.491. The lowest BCUT2D eigenvalue weighted by Gasteiger charge is -2.22. The molecule has 4 aromatic rings. The second-order valence-corrected chi connectivity index (χ2v) is 6.59. The topological polar surface area (TPSA) is 90.6 Å². The second kappa shape index (κ2) is 8.08. The highest BCUT2D eigenvalue weighted by atomic mass is 16.5. The molecule has 150 valence electrons. The van der Waals surface area contributed by atoms with Crippen LogP contribution >= 0.6 is 0 Å². The first-order valence-corrected chi connectivity index (χ1v) is 9.26. The van der Waals surface area contributed by atoms with E-state index in [1.54, 1.807) is 30.1 Å². The van der Waals surface area contributed by atoms with Crippen molar-refractivity contribution in [1.82, 2.24) is 9.97 Å². The van der Waals surface area contributed by atoms with Crippen molar-refractivity contribution < 1.29 is 14.3 Å². The van der Waals surface area contributed by atoms with E-state index in [4.69, 9.17) is 15.2 Å². The van der Waals surface area contributed by atoms with Crippen molar-refractivity contribution >= 4 is 33.9 Å². The van der Waals surface area contributed by atoms with Gasteiger partial charge in [-0.3, -0.25) is 0 Å². The fraction of sp³-hybridized carbons (Fsp3) is 0.0870. The molecule has 1 aromatic heterocycles. The number of ether oxygens (including phenoxy) is 2. The largest absolute Gasteiger partial charge is 0.465 e. The molecule has 7 nitrogen and oxygen atoms in total. The van der Waals surface area contributed by atoms with E-state index in [0.717, 1.165) is 10.8 Å². The van der Waals surface area contributed by atoms with Crippen LogP contribution in [0.5, 0.6) is 11.6 Å². The number of benzene rings is 3. The van der Waals surface area contributed by atoms with Crippen molar-refractivity contribution in [3.8, 4) is 11.6 Å². The number of esters is 1. The first-order chi connectivity index (χ1) is 14.6. The van der Waals surface area contributed by atoms with E-state index in [1.807, 2.05) is 48.5 Å². The van der Waals surface area contributed by atoms with Crippen LogP contribution in [0, 0.1) is 0 Å². The third kappa shape index (κ3) is 3.60. The summed E-state index contributed by atoms with van der Waals surface area (Å²) in [6, 6.07) is 20.8. The molecule has 0 spiro atoms. The number of methoxy groups -OCH3 is 1. The van der Waals surface area contributed by atoms with E-state index in [0.29, 0.717) is 22.8 Å². The molecule has 0 saturated carbocycles. The second-order valence-electron chi connectivity index (χ2n) is 6.59. The number of para-hydroxylation sites is 1. The van der Waals surface area contributed by atoms with Gasteiger partial charge in [0, 0.05) is 7.05 Å². The number of carbonyl (C=O) groups is 1. The molecule has 7 heteroatoms. The van der Waals surface area contributed by atoms with E-state index in [1.165, 1.54) is 13.4 Å². The Bertz CT molecular complexity index is 1230. The molecular weight excluding hydrogens is 380 g/mol. The molecule has 4 rings (SSSR count). The van der Waals surface area contributed by atoms with Crippen molar-refractivity contribution in [3.05, 3.63) is 78.6 Å². The minimum atomic E-state index is -0.447. The third-order valence-electron chi connectivity index (χ3n) is 4.75. The van der Waals surface area contributed by atoms with Gasteiger partial charge in [-0.15, -0.1) is 0 Å². The summed E-state index contributed by atoms with van der Waals surface area (Å²) in [5.74, 6) is 0.815. The summed E-state index contributed by atoms with van der Waals surface area (Å²) in [5, 5.41) is 2.16. The SMILES string of the molecule is COC(=O)c1ccccc1N(C)c1ncnc(Oc2ccc3ccccc3c2)c1N. The first-order valence-electron chi connectivity index (χ1n) is 9.26. The zero-order valence-electron chi connectivity index (χ0n) is 16.6. The number of nitrogens with two attached hydrogens (primary N) is 1. The van der Waals surface area contributed by atoms with Crippen molar-refractivity contribution in [2.75, 3.05) is 24.8 Å². The molecular formula is C23H20N4O3. The van der Waals surface area contributed by atoms with Gasteiger partial charge in [-0.2, -0.15) is 4.98 Å². The number of hydrogen-bond donors (Lipinski definition) is 1. The van der Waals surface area contributed by atoms with Crippen molar-refractivity contribution in [2.45, 2.75) is 0 Å². The predicted molar refractivity (Wildman–Crippen MR) is 116 cm³/mol. The van der Waals surface area contributed by atoms with Gasteiger partial charge in [0.25, 0.3) is 0 Å². The number of fused-ring (bicyclic) bond motifs is 1. The molecule has 30 heavy (non-hydrogen) atoms. The number of nitrogen functional groups attached to an aromatic ring is 1. The normalized spacial score (nSPS) is 10.6. The summed E-state index contributed by atoms with van der Waals surface area (Å²) in [6.45, 7) is 0. The molecule has 0 amide bonds. The van der Waals surface area contributed by atoms with Crippen LogP contribution in [0.2, 0.25) is 0 Å². The summed E-state index contributed by atoms with van der Waals surface area (Å²) >= 11 is 0. The summed E-state index contributed by atoms with van der Waals surface area (Å²) in [5.41, 5.74) is 7.59. The number of anilines is 3. The molecule has 2 N–H and O–H groups in total. The van der Waals surface area contributed by atoms with E-state index < -0.39 is 5.97 Å². The van der Waals surface area contributed by atoms with Crippen molar-refractivity contribution in [1.29, 1.82) is 0 Å². The molecule has 0 bridgehead atoms. The fourth-order valence-electron chi connectivity index (χ4n) is 3.22. The van der Waals surface area contributed by atoms with Gasteiger partial charge in [-0.05, 0) is 35.0 Å². The molecule has 3 aromatic carbocycles. The molecule has 0 atom stereocenters. The zero-order chi connectivity index (χ0) is 21.1. The lowest BCUT2D eigenvalue weighted by Crippen LogP contribution is -2.18. The van der Waals surface area contributed by atoms with Gasteiger partial charge in [0.2, 0.25) is 5.88 Å². The first kappa shape index (κ1) is 19.2. The molecule has 0 aliphatic carbocycles. The van der Waals surface area contributed by atoms with Crippen LogP contribution in [0.1, 0.15) is 10.4 Å². The van der Waals surface area contributed by atoms with Crippen LogP contribution < -0.4 is 15.4 Å². The number of rotatable bonds is 5. The number of aromatic nitrogens is 2. The lowest BCUT2D eigenvalue weighted by atomic mass is 10.1. The Morgan fingerprint density at radius 2 is 1.70 bits per heavy atom. The van der Waals surface area contributed by atoms with E-state index >= 15 is 0 Å². The van der Waals surface area contributed by atoms with Gasteiger partial charge in [-0.25, -0.2) is 9.78 Å². The third-order valence-corrected chi connectivity index (χ3v) is 4.75. The van der Waals surface area contributed by atoms with E-state index in [2.05, 4.69) is 9.97 Å². The number of nitrogens with zero attached hydrogens (tertiary/aromatic N) is 3. The Labute approximate surface area is 173 Å². The van der Waals surface area contributed by atoms with Crippen LogP contribution in [0.4, 0.5) is 17.2 Å². The molecule has 0 aliphatic heterocycles. The summed E-state index contributed by atoms with van der Waals surface area (Å²) < 4.78 is 10.8. The van der Waals surface area contributed by atoms with E-state index in [-0.39, 0.29) is 11.6 Å². The van der Waals surface area contributed by atoms with Gasteiger partial charge in [0.1, 0.15) is 17.8 Å². The van der Waals surface area contributed by atoms with Gasteiger partial charge in [0.15, 0.2) is 5.82 Å². The van der Waals surface area contributed by atoms with Crippen LogP contribution in [0.25, 0.3) is 10.8 Å². The van der Waals surface area contributed by atoms with Gasteiger partial charge < -0.3 is 20.1 Å². The van der Waals surface area contributed by atoms with Gasteiger partial charge in [0.05, 0.1) is 18.4 Å². The lowest BCUT2D eigenvalue weighted by molar-refractivity contribution is 0.0601. The minimum absolute atomic E-state index is 0.234. The average Bonchev–Trinajstić information content (AvgIpc) is 2.79. The Balaban J connectivity index is 1.68. The standard InChI is InChI=1S/C23H20N4O3/c1-27(19-10-6-5-9-18(19)23(28)29-2)21-20(24)22(26-14-25-21)30-17-12-11-15-7-3-4-8-16(15)13-17/h3-14H,24H2,1-2H3. The zero-order valence-corrected chi connectivity index (χ0v) is 16.6. The molecule has 1 heterocycles. The maximum absolute atomic E-state index is 12.1. The maximum atomic E-state index is 12.1. The highest BCUT2D eigenvalue weighted by Gasteiger charge is 2.20. The monoisotopic (exact) mass is 400 g/mol. The minimum Gasteiger partial charge on any atom is -0.465 e. The maximum Gasteiger partial charge on any atom is 0.339 e. The highest BCUT2D eigenvalue weighted by Crippen LogP contribution is 2.35. The van der Waals surface area contributed by atoms with Gasteiger partial charge in [-0.1, -0.05) is 42.5 Å². The fourth-order valence-corrected chi connectivity index (χ4v) is 3.22. The molecule has 0 unspecified atom stereocenters. The highest BCUT2D eigenvalue weighted by molar-refractivity contribution is 5.97. The molecule has 0 aliphatic rings. The Kier molecular flexibility index (Phi) is 5.17. The number of carbonyl (C=O) groups excluding carboxylic acids is 1. The van der Waals surface area contributed by atoms with Crippen LogP contribution in [0.3, 0.4) is 0 Å². The van der Waals surface area contributed by atoms with Crippen molar-refractivity contribution in [3.63, 3.8) is 0 Å². The summed E-state index contributed by atoms with van der Waals surface area (Å²) in [4.78, 5) is 22.3. The van der Waals surface area contributed by atoms with Gasteiger partial charge >= 0.3 is 5.97 Å². The van der Waals surface area contributed by atoms with Crippen molar-refractivity contribution in [2.24, 2.45) is 0 Å². The average molecular weight is 400 g/mol. The smallest absolute Gasteiger partial charge is 0.339 e. The van der Waals surface area contributed by atoms with Crippen LogP contribution in [0.15, 0.2) is 73.1 Å². The molecule has 0 saturated heterocycles. The summed E-state index contributed by atoms with van der Waals surface area (Å²) in [7, 11) is 3.11. The molecule has 0 fully saturated rings. The number of hydrogen-bond acceptors (Lipinski definition) is 7. The van der Waals surface area contributed by atoms with Crippen LogP contribution in [-0.4, -0.2) is 30.1 Å². The Hall–Kier alpha value is -4.13.